The molecule has 5 rings (SSSR count). The molecule has 0 spiro atoms. The Morgan fingerprint density at radius 2 is 1.97 bits per heavy atom. The maximum atomic E-state index is 13.2. The molecule has 1 unspecified atom stereocenters. The van der Waals surface area contributed by atoms with Crippen LogP contribution >= 0.6 is 11.3 Å². The van der Waals surface area contributed by atoms with Crippen molar-refractivity contribution in [3.05, 3.63) is 22.6 Å². The largest absolute Gasteiger partial charge is 0.451 e. The molecule has 0 N–H and O–H groups in total. The van der Waals surface area contributed by atoms with E-state index in [9.17, 15) is 13.2 Å². The molecule has 3 aromatic heterocycles. The fourth-order valence-corrected chi connectivity index (χ4v) is 5.48. The smallest absolute Gasteiger partial charge is 0.347 e. The van der Waals surface area contributed by atoms with Gasteiger partial charge in [-0.15, -0.1) is 21.5 Å². The van der Waals surface area contributed by atoms with Gasteiger partial charge in [-0.1, -0.05) is 20.3 Å². The number of alkyl halides is 3. The van der Waals surface area contributed by atoms with E-state index in [1.165, 1.54) is 9.44 Å². The van der Waals surface area contributed by atoms with E-state index in [1.54, 1.807) is 11.3 Å². The lowest BCUT2D eigenvalue weighted by molar-refractivity contribution is -0.147. The van der Waals surface area contributed by atoms with Gasteiger partial charge in [-0.25, -0.2) is 4.98 Å². The summed E-state index contributed by atoms with van der Waals surface area (Å²) in [5.41, 5.74) is 0. The predicted octanol–water partition coefficient (Wildman–Crippen LogP) is 4.12. The fourth-order valence-electron chi connectivity index (χ4n) is 4.36. The number of fused-ring (bicyclic) bond motifs is 2. The molecule has 0 aliphatic carbocycles. The highest BCUT2D eigenvalue weighted by molar-refractivity contribution is 7.18. The molecule has 2 aliphatic heterocycles. The minimum absolute atomic E-state index is 0.171. The average Bonchev–Trinajstić information content (AvgIpc) is 3.43. The molecule has 1 saturated heterocycles. The molecule has 0 aromatic carbocycles. The molecular formula is C20H24F3N7S. The summed E-state index contributed by atoms with van der Waals surface area (Å²) in [7, 11) is 0. The molecule has 1 atom stereocenters. The first-order chi connectivity index (χ1) is 14.8. The predicted molar refractivity (Wildman–Crippen MR) is 113 cm³/mol. The van der Waals surface area contributed by atoms with Gasteiger partial charge in [-0.3, -0.25) is 0 Å². The van der Waals surface area contributed by atoms with E-state index >= 15 is 0 Å². The Morgan fingerprint density at radius 1 is 1.13 bits per heavy atom. The number of nitrogens with zero attached hydrogens (tertiary/aromatic N) is 7. The zero-order chi connectivity index (χ0) is 21.8. The fraction of sp³-hybridized carbons (Fsp3) is 0.600. The summed E-state index contributed by atoms with van der Waals surface area (Å²) in [5.74, 6) is 1.46. The Labute approximate surface area is 181 Å². The Kier molecular flexibility index (Phi) is 5.03. The number of halogens is 3. The first kappa shape index (κ1) is 20.5. The van der Waals surface area contributed by atoms with Crippen molar-refractivity contribution in [1.82, 2.24) is 24.7 Å². The first-order valence-electron chi connectivity index (χ1n) is 10.6. The van der Waals surface area contributed by atoms with Gasteiger partial charge in [0.25, 0.3) is 0 Å². The monoisotopic (exact) mass is 451 g/mol. The molecule has 0 radical (unpaired) electrons. The number of hydrogen-bond donors (Lipinski definition) is 0. The summed E-state index contributed by atoms with van der Waals surface area (Å²) in [6.45, 7) is 7.02. The van der Waals surface area contributed by atoms with Crippen LogP contribution in [0.1, 0.15) is 43.2 Å². The molecular weight excluding hydrogens is 427 g/mol. The molecule has 5 heterocycles. The van der Waals surface area contributed by atoms with Crippen molar-refractivity contribution in [2.45, 2.75) is 52.4 Å². The molecule has 0 bridgehead atoms. The summed E-state index contributed by atoms with van der Waals surface area (Å²) >= 11 is 1.68. The third-order valence-corrected chi connectivity index (χ3v) is 7.01. The Bertz CT molecular complexity index is 1110. The summed E-state index contributed by atoms with van der Waals surface area (Å²) < 4.78 is 40.8. The Morgan fingerprint density at radius 3 is 2.68 bits per heavy atom. The highest BCUT2D eigenvalue weighted by Crippen LogP contribution is 2.36. The van der Waals surface area contributed by atoms with Gasteiger partial charge >= 0.3 is 6.18 Å². The summed E-state index contributed by atoms with van der Waals surface area (Å²) in [4.78, 5) is 16.2. The normalized spacial score (nSPS) is 19.5. The molecule has 7 nitrogen and oxygen atoms in total. The van der Waals surface area contributed by atoms with Gasteiger partial charge in [-0.2, -0.15) is 18.2 Å². The van der Waals surface area contributed by atoms with E-state index in [2.05, 4.69) is 35.0 Å². The van der Waals surface area contributed by atoms with Crippen LogP contribution in [0.2, 0.25) is 0 Å². The van der Waals surface area contributed by atoms with Crippen LogP contribution in [0.15, 0.2) is 6.07 Å². The van der Waals surface area contributed by atoms with Crippen LogP contribution in [-0.4, -0.2) is 44.4 Å². The number of hydrogen-bond acceptors (Lipinski definition) is 7. The topological polar surface area (TPSA) is 63.0 Å². The molecule has 1 fully saturated rings. The zero-order valence-corrected chi connectivity index (χ0v) is 18.3. The number of thiophene rings is 1. The van der Waals surface area contributed by atoms with Gasteiger partial charge in [0.1, 0.15) is 10.6 Å². The zero-order valence-electron chi connectivity index (χ0n) is 17.5. The van der Waals surface area contributed by atoms with Gasteiger partial charge in [0.05, 0.1) is 11.9 Å². The first-order valence-corrected chi connectivity index (χ1v) is 11.4. The van der Waals surface area contributed by atoms with Crippen LogP contribution in [0, 0.1) is 5.92 Å². The third kappa shape index (κ3) is 3.72. The SMILES string of the molecule is CCCc1cc2c(N3CCn4c(nnc4C(F)(F)F)C3)nc(N3CCC(C)C3)nc2s1. The van der Waals surface area contributed by atoms with Crippen LogP contribution in [0.25, 0.3) is 10.2 Å². The molecule has 0 saturated carbocycles. The second-order valence-electron chi connectivity index (χ2n) is 8.38. The lowest BCUT2D eigenvalue weighted by Crippen LogP contribution is -2.36. The maximum absolute atomic E-state index is 13.2. The van der Waals surface area contributed by atoms with Gasteiger partial charge in [0, 0.05) is 31.1 Å². The summed E-state index contributed by atoms with van der Waals surface area (Å²) in [6, 6.07) is 2.13. The van der Waals surface area contributed by atoms with Crippen LogP contribution in [0.3, 0.4) is 0 Å². The van der Waals surface area contributed by atoms with Crippen LogP contribution < -0.4 is 9.80 Å². The number of anilines is 2. The highest BCUT2D eigenvalue weighted by Gasteiger charge is 2.40. The minimum Gasteiger partial charge on any atom is -0.347 e. The second-order valence-corrected chi connectivity index (χ2v) is 9.49. The van der Waals surface area contributed by atoms with Crippen molar-refractivity contribution < 1.29 is 13.2 Å². The summed E-state index contributed by atoms with van der Waals surface area (Å²) in [5, 5.41) is 8.19. The number of aromatic nitrogens is 5. The summed E-state index contributed by atoms with van der Waals surface area (Å²) in [6.07, 6.45) is -1.38. The Balaban J connectivity index is 1.54. The van der Waals surface area contributed by atoms with Gasteiger partial charge in [0.2, 0.25) is 11.8 Å². The van der Waals surface area contributed by atoms with Gasteiger partial charge in [0.15, 0.2) is 5.82 Å². The van der Waals surface area contributed by atoms with Crippen molar-refractivity contribution in [2.24, 2.45) is 5.92 Å². The molecule has 11 heteroatoms. The van der Waals surface area contributed by atoms with E-state index in [1.807, 2.05) is 4.90 Å². The standard InChI is InChI=1S/C20H24F3N7S/c1-3-4-13-9-14-16(24-19(25-17(14)31-13)29-6-5-12(2)10-29)28-7-8-30-15(11-28)26-27-18(30)20(21,22)23/h9,12H,3-8,10-11H2,1-2H3. The van der Waals surface area contributed by atoms with Crippen molar-refractivity contribution >= 4 is 33.3 Å². The van der Waals surface area contributed by atoms with Gasteiger partial charge in [-0.05, 0) is 24.8 Å². The van der Waals surface area contributed by atoms with Crippen molar-refractivity contribution in [1.29, 1.82) is 0 Å². The molecule has 2 aliphatic rings. The van der Waals surface area contributed by atoms with Gasteiger partial charge < -0.3 is 14.4 Å². The van der Waals surface area contributed by atoms with E-state index in [4.69, 9.17) is 9.97 Å². The highest BCUT2D eigenvalue weighted by atomic mass is 32.1. The molecule has 166 valence electrons. The average molecular weight is 452 g/mol. The van der Waals surface area contributed by atoms with E-state index in [0.29, 0.717) is 24.2 Å². The van der Waals surface area contributed by atoms with Crippen LogP contribution in [0.4, 0.5) is 24.9 Å². The molecule has 3 aromatic rings. The van der Waals surface area contributed by atoms with E-state index in [-0.39, 0.29) is 13.1 Å². The van der Waals surface area contributed by atoms with Crippen molar-refractivity contribution in [3.8, 4) is 0 Å². The lowest BCUT2D eigenvalue weighted by atomic mass is 10.2. The van der Waals surface area contributed by atoms with E-state index in [0.717, 1.165) is 48.4 Å². The van der Waals surface area contributed by atoms with E-state index < -0.39 is 12.0 Å². The number of aryl methyl sites for hydroxylation is 1. The number of rotatable bonds is 4. The van der Waals surface area contributed by atoms with Crippen molar-refractivity contribution in [2.75, 3.05) is 29.4 Å². The minimum atomic E-state index is -4.50. The maximum Gasteiger partial charge on any atom is 0.451 e. The van der Waals surface area contributed by atoms with Crippen LogP contribution in [-0.2, 0) is 25.7 Å². The third-order valence-electron chi connectivity index (χ3n) is 5.92. The molecule has 31 heavy (non-hydrogen) atoms. The lowest BCUT2D eigenvalue weighted by Gasteiger charge is -2.30. The quantitative estimate of drug-likeness (QED) is 0.595. The second kappa shape index (κ2) is 7.61. The van der Waals surface area contributed by atoms with Crippen LogP contribution in [0.5, 0.6) is 0 Å². The molecule has 0 amide bonds. The van der Waals surface area contributed by atoms with Crippen molar-refractivity contribution in [3.63, 3.8) is 0 Å². The Hall–Kier alpha value is -2.43.